The van der Waals surface area contributed by atoms with E-state index in [9.17, 15) is 0 Å². The molecule has 0 heterocycles. The van der Waals surface area contributed by atoms with Crippen molar-refractivity contribution in [3.8, 4) is 0 Å². The van der Waals surface area contributed by atoms with Crippen LogP contribution in [0, 0.1) is 32.2 Å². The first kappa shape index (κ1) is 7.15. The SMILES string of the molecule is CCC[CH2][La][NH2]. The Balaban J connectivity index is 2.34. The second-order valence-electron chi connectivity index (χ2n) is 1.38. The minimum atomic E-state index is -0.573. The molecule has 0 saturated heterocycles. The van der Waals surface area contributed by atoms with Crippen molar-refractivity contribution in [2.75, 3.05) is 0 Å². The molecule has 35 valence electrons. The van der Waals surface area contributed by atoms with Gasteiger partial charge in [-0.15, -0.1) is 0 Å². The van der Waals surface area contributed by atoms with Crippen molar-refractivity contribution in [2.45, 2.75) is 22.6 Å². The number of hydrogen-bond donors (Lipinski definition) is 1. The Morgan fingerprint density at radius 2 is 2.33 bits per heavy atom. The molecule has 0 bridgehead atoms. The van der Waals surface area contributed by atoms with E-state index in [0.29, 0.717) is 0 Å². The maximum atomic E-state index is 5.42. The summed E-state index contributed by atoms with van der Waals surface area (Å²) in [5.74, 6) is 0. The third kappa shape index (κ3) is 5.15. The van der Waals surface area contributed by atoms with Gasteiger partial charge in [0, 0.05) is 0 Å². The molecule has 0 spiro atoms. The predicted octanol–water partition coefficient (Wildman–Crippen LogP) is 1.16. The summed E-state index contributed by atoms with van der Waals surface area (Å²) in [4.78, 5) is 0. The molecule has 1 nitrogen and oxygen atoms in total. The molecule has 0 aliphatic carbocycles. The van der Waals surface area contributed by atoms with E-state index in [-0.39, 0.29) is 0 Å². The van der Waals surface area contributed by atoms with Crippen LogP contribution < -0.4 is 2.50 Å². The van der Waals surface area contributed by atoms with Gasteiger partial charge >= 0.3 is 57.3 Å². The molecule has 0 rings (SSSR count). The fourth-order valence-electron chi connectivity index (χ4n) is 0.322. The normalized spacial score (nSPS) is 7.67. The zero-order valence-corrected chi connectivity index (χ0v) is 7.90. The number of nitrogens with two attached hydrogens (primary N) is 1. The topological polar surface area (TPSA) is 26.0 Å². The molecule has 2 N–H and O–H groups in total. The second kappa shape index (κ2) is 6.15. The monoisotopic (exact) mass is 212 g/mol. The molecule has 0 aliphatic rings. The Morgan fingerprint density at radius 1 is 1.67 bits per heavy atom. The Labute approximate surface area is 56.9 Å². The van der Waals surface area contributed by atoms with Gasteiger partial charge in [-0.1, -0.05) is 0 Å². The van der Waals surface area contributed by atoms with Gasteiger partial charge in [0.25, 0.3) is 0 Å². The zero-order valence-electron chi connectivity index (χ0n) is 4.28. The van der Waals surface area contributed by atoms with Crippen LogP contribution in [-0.2, 0) is 0 Å². The van der Waals surface area contributed by atoms with Crippen molar-refractivity contribution >= 4 is 0 Å². The van der Waals surface area contributed by atoms with Crippen molar-refractivity contribution in [2.24, 2.45) is 2.50 Å². The van der Waals surface area contributed by atoms with Crippen molar-refractivity contribution in [1.82, 2.24) is 0 Å². The molecule has 0 aromatic rings. The first-order valence-electron chi connectivity index (χ1n) is 2.45. The Kier molecular flexibility index (Phi) is 7.34. The van der Waals surface area contributed by atoms with Gasteiger partial charge in [0.15, 0.2) is 0 Å². The third-order valence-corrected chi connectivity index (χ3v) is 3.05. The van der Waals surface area contributed by atoms with Gasteiger partial charge in [-0.3, -0.25) is 0 Å². The van der Waals surface area contributed by atoms with E-state index in [4.69, 9.17) is 2.50 Å². The van der Waals surface area contributed by atoms with Gasteiger partial charge in [-0.2, -0.15) is 0 Å². The van der Waals surface area contributed by atoms with Crippen molar-refractivity contribution in [1.29, 1.82) is 0 Å². The number of hydrogen-bond acceptors (Lipinski definition) is 1. The van der Waals surface area contributed by atoms with Crippen LogP contribution in [-0.4, -0.2) is 0 Å². The van der Waals surface area contributed by atoms with Gasteiger partial charge in [0.2, 0.25) is 0 Å². The van der Waals surface area contributed by atoms with E-state index in [1.54, 1.807) is 0 Å². The summed E-state index contributed by atoms with van der Waals surface area (Å²) in [6.07, 6.45) is 2.71. The van der Waals surface area contributed by atoms with Crippen LogP contribution in [0.25, 0.3) is 0 Å². The van der Waals surface area contributed by atoms with Crippen LogP contribution in [0.2, 0.25) is 2.82 Å². The van der Waals surface area contributed by atoms with Gasteiger partial charge < -0.3 is 0 Å². The Bertz CT molecular complexity index is 19.5. The summed E-state index contributed by atoms with van der Waals surface area (Å²) < 4.78 is 6.82. The maximum absolute atomic E-state index is 5.42. The van der Waals surface area contributed by atoms with E-state index in [2.05, 4.69) is 6.92 Å². The Morgan fingerprint density at radius 3 is 2.50 bits per heavy atom. The first-order chi connectivity index (χ1) is 2.91. The molecular weight excluding hydrogens is 201 g/mol. The molecule has 6 heavy (non-hydrogen) atoms. The summed E-state index contributed by atoms with van der Waals surface area (Å²) in [6, 6.07) is 0. The number of unbranched alkanes of at least 4 members (excludes halogenated alkanes) is 1. The van der Waals surface area contributed by atoms with Gasteiger partial charge in [-0.05, 0) is 0 Å². The van der Waals surface area contributed by atoms with E-state index in [1.807, 2.05) is 0 Å². The molecule has 0 aromatic heterocycles. The van der Waals surface area contributed by atoms with Gasteiger partial charge in [-0.25, -0.2) is 0 Å². The summed E-state index contributed by atoms with van der Waals surface area (Å²) >= 11 is -0.573. The van der Waals surface area contributed by atoms with Gasteiger partial charge in [0.05, 0.1) is 0 Å². The minimum absolute atomic E-state index is 0.573. The fourth-order valence-corrected chi connectivity index (χ4v) is 2.34. The third-order valence-electron chi connectivity index (χ3n) is 0.724. The molecule has 2 heteroatoms. The van der Waals surface area contributed by atoms with Crippen LogP contribution in [0.5, 0.6) is 0 Å². The van der Waals surface area contributed by atoms with Crippen LogP contribution in [0.3, 0.4) is 0 Å². The molecule has 0 atom stereocenters. The van der Waals surface area contributed by atoms with Gasteiger partial charge in [0.1, 0.15) is 0 Å². The van der Waals surface area contributed by atoms with E-state index in [0.717, 1.165) is 0 Å². The van der Waals surface area contributed by atoms with Crippen LogP contribution in [0.1, 0.15) is 19.8 Å². The van der Waals surface area contributed by atoms with Crippen molar-refractivity contribution in [3.05, 3.63) is 0 Å². The van der Waals surface area contributed by atoms with Crippen LogP contribution in [0.15, 0.2) is 0 Å². The standard InChI is InChI=1S/C4H9.La.H2N/c1-3-4-2;;/h1,3-4H2,2H3;;1H2/q;+1;-1. The second-order valence-corrected chi connectivity index (χ2v) is 4.67. The van der Waals surface area contributed by atoms with Crippen molar-refractivity contribution in [3.63, 3.8) is 0 Å². The fraction of sp³-hybridized carbons (Fsp3) is 1.00. The molecule has 0 unspecified atom stereocenters. The summed E-state index contributed by atoms with van der Waals surface area (Å²) in [6.45, 7) is 2.21. The first-order valence-corrected chi connectivity index (χ1v) is 7.11. The van der Waals surface area contributed by atoms with E-state index >= 15 is 0 Å². The number of rotatable bonds is 3. The van der Waals surface area contributed by atoms with E-state index in [1.165, 1.54) is 15.7 Å². The molecule has 0 saturated carbocycles. The average molecular weight is 212 g/mol. The molecular formula is C4H11LaN. The molecule has 0 amide bonds. The van der Waals surface area contributed by atoms with E-state index < -0.39 is 32.2 Å². The average Bonchev–Trinajstić information content (AvgIpc) is 1.61. The van der Waals surface area contributed by atoms with Crippen LogP contribution in [0.4, 0.5) is 0 Å². The zero-order chi connectivity index (χ0) is 4.83. The van der Waals surface area contributed by atoms with Crippen LogP contribution >= 0.6 is 0 Å². The summed E-state index contributed by atoms with van der Waals surface area (Å²) in [7, 11) is 0. The predicted molar refractivity (Wildman–Crippen MR) is 23.9 cm³/mol. The quantitative estimate of drug-likeness (QED) is 0.698. The Hall–Kier alpha value is 1.15. The van der Waals surface area contributed by atoms with Crippen molar-refractivity contribution < 1.29 is 32.2 Å². The summed E-state index contributed by atoms with van der Waals surface area (Å²) in [5.41, 5.74) is 0. The molecule has 0 fully saturated rings. The molecule has 0 aromatic carbocycles. The molecule has 0 aliphatic heterocycles. The summed E-state index contributed by atoms with van der Waals surface area (Å²) in [5, 5.41) is 0. The molecule has 0 radical (unpaired) electrons.